The second-order valence-electron chi connectivity index (χ2n) is 2.48. The normalized spacial score (nSPS) is 9.75. The highest BCUT2D eigenvalue weighted by molar-refractivity contribution is 7.39. The van der Waals surface area contributed by atoms with Gasteiger partial charge in [0.15, 0.2) is 0 Å². The van der Waals surface area contributed by atoms with E-state index < -0.39 is 0 Å². The first-order valence-electron chi connectivity index (χ1n) is 2.89. The van der Waals surface area contributed by atoms with Gasteiger partial charge < -0.3 is 0 Å². The molecule has 0 amide bonds. The lowest BCUT2D eigenvalue weighted by molar-refractivity contribution is 1.03. The van der Waals surface area contributed by atoms with Gasteiger partial charge in [0.1, 0.15) is 0 Å². The van der Waals surface area contributed by atoms with Crippen LogP contribution in [0.2, 0.25) is 0 Å². The molecular formula is C6H16FP. The Kier molecular flexibility index (Phi) is 7.69. The molecular weight excluding hydrogens is 122 g/mol. The molecule has 52 valence electrons. The predicted octanol–water partition coefficient (Wildman–Crippen LogP) is 2.63. The van der Waals surface area contributed by atoms with Gasteiger partial charge in [-0.1, -0.05) is 27.7 Å². The molecule has 0 unspecified atom stereocenters. The maximum Gasteiger partial charge on any atom is -0.0291 e. The molecule has 0 fully saturated rings. The van der Waals surface area contributed by atoms with Crippen LogP contribution in [0, 0.1) is 0 Å². The fraction of sp³-hybridized carbons (Fsp3) is 1.00. The molecule has 8 heavy (non-hydrogen) atoms. The Morgan fingerprint density at radius 2 is 1.12 bits per heavy atom. The molecule has 0 aromatic heterocycles. The summed E-state index contributed by atoms with van der Waals surface area (Å²) in [7, 11) is 1.15. The Labute approximate surface area is 53.2 Å². The van der Waals surface area contributed by atoms with Crippen molar-refractivity contribution in [1.29, 1.82) is 0 Å². The Hall–Kier alpha value is 0.360. The molecule has 0 rings (SSSR count). The summed E-state index contributed by atoms with van der Waals surface area (Å²) < 4.78 is 0. The molecule has 0 aromatic carbocycles. The molecule has 0 aromatic rings. The van der Waals surface area contributed by atoms with Crippen LogP contribution in [0.5, 0.6) is 0 Å². The molecule has 0 aliphatic carbocycles. The Morgan fingerprint density at radius 1 is 0.875 bits per heavy atom. The summed E-state index contributed by atoms with van der Waals surface area (Å²) in [6.07, 6.45) is 0. The number of halogens is 1. The summed E-state index contributed by atoms with van der Waals surface area (Å²) in [5.74, 6) is 0. The lowest BCUT2D eigenvalue weighted by Gasteiger charge is -2.06. The minimum Gasteiger partial charge on any atom is -0.269 e. The summed E-state index contributed by atoms with van der Waals surface area (Å²) >= 11 is 0. The standard InChI is InChI=1S/C6H15P.FH/c1-5(2)7-6(3)4;/h5-7H,1-4H3;1H. The number of hydrogen-bond acceptors (Lipinski definition) is 0. The zero-order chi connectivity index (χ0) is 5.86. The van der Waals surface area contributed by atoms with Crippen LogP contribution in [0.15, 0.2) is 0 Å². The third kappa shape index (κ3) is 9.61. The van der Waals surface area contributed by atoms with E-state index in [1.165, 1.54) is 0 Å². The molecule has 0 aliphatic heterocycles. The smallest absolute Gasteiger partial charge is 0.0291 e. The monoisotopic (exact) mass is 138 g/mol. The molecule has 0 aliphatic rings. The van der Waals surface area contributed by atoms with Gasteiger partial charge in [-0.05, 0) is 11.3 Å². The molecule has 0 saturated carbocycles. The van der Waals surface area contributed by atoms with Crippen molar-refractivity contribution in [2.75, 3.05) is 0 Å². The lowest BCUT2D eigenvalue weighted by Crippen LogP contribution is -1.90. The average molecular weight is 138 g/mol. The van der Waals surface area contributed by atoms with Crippen molar-refractivity contribution in [3.05, 3.63) is 0 Å². The fourth-order valence-electron chi connectivity index (χ4n) is 0.667. The van der Waals surface area contributed by atoms with Gasteiger partial charge in [-0.3, -0.25) is 4.70 Å². The van der Waals surface area contributed by atoms with Gasteiger partial charge in [0, 0.05) is 0 Å². The van der Waals surface area contributed by atoms with Gasteiger partial charge in [0.05, 0.1) is 0 Å². The zero-order valence-corrected chi connectivity index (χ0v) is 7.06. The third-order valence-corrected chi connectivity index (χ3v) is 2.00. The predicted molar refractivity (Wildman–Crippen MR) is 41.1 cm³/mol. The van der Waals surface area contributed by atoms with Crippen molar-refractivity contribution in [2.24, 2.45) is 0 Å². The van der Waals surface area contributed by atoms with Crippen LogP contribution in [0.3, 0.4) is 0 Å². The van der Waals surface area contributed by atoms with Gasteiger partial charge >= 0.3 is 0 Å². The van der Waals surface area contributed by atoms with E-state index in [9.17, 15) is 0 Å². The largest absolute Gasteiger partial charge is 0.269 e. The highest BCUT2D eigenvalue weighted by Gasteiger charge is 1.95. The molecule has 0 atom stereocenters. The van der Waals surface area contributed by atoms with E-state index in [0.717, 1.165) is 19.9 Å². The maximum atomic E-state index is 2.28. The molecule has 0 heterocycles. The Morgan fingerprint density at radius 3 is 1.12 bits per heavy atom. The molecule has 0 saturated heterocycles. The van der Waals surface area contributed by atoms with Crippen LogP contribution in [0.25, 0.3) is 0 Å². The third-order valence-electron chi connectivity index (χ3n) is 0.667. The van der Waals surface area contributed by atoms with Crippen LogP contribution in [0.4, 0.5) is 4.70 Å². The first-order chi connectivity index (χ1) is 3.13. The first-order valence-corrected chi connectivity index (χ1v) is 4.04. The summed E-state index contributed by atoms with van der Waals surface area (Å²) in [6, 6.07) is 0. The molecule has 2 heteroatoms. The van der Waals surface area contributed by atoms with E-state index in [1.54, 1.807) is 0 Å². The zero-order valence-electron chi connectivity index (χ0n) is 6.06. The Balaban J connectivity index is 0. The minimum atomic E-state index is 0. The van der Waals surface area contributed by atoms with Crippen LogP contribution in [-0.2, 0) is 0 Å². The minimum absolute atomic E-state index is 0. The average Bonchev–Trinajstić information content (AvgIpc) is 1.27. The van der Waals surface area contributed by atoms with Crippen LogP contribution < -0.4 is 0 Å². The number of rotatable bonds is 2. The first kappa shape index (κ1) is 11.2. The quantitative estimate of drug-likeness (QED) is 0.514. The van der Waals surface area contributed by atoms with Crippen LogP contribution in [-0.4, -0.2) is 11.3 Å². The topological polar surface area (TPSA) is 0 Å². The number of hydrogen-bond donors (Lipinski definition) is 0. The van der Waals surface area contributed by atoms with Gasteiger partial charge in [0.25, 0.3) is 0 Å². The summed E-state index contributed by atoms with van der Waals surface area (Å²) in [5, 5.41) is 0. The lowest BCUT2D eigenvalue weighted by atomic mass is 10.5. The fourth-order valence-corrected chi connectivity index (χ4v) is 2.00. The van der Waals surface area contributed by atoms with Crippen LogP contribution in [0.1, 0.15) is 27.7 Å². The van der Waals surface area contributed by atoms with Gasteiger partial charge in [-0.2, -0.15) is 0 Å². The van der Waals surface area contributed by atoms with Gasteiger partial charge in [0.2, 0.25) is 0 Å². The molecule has 0 spiro atoms. The van der Waals surface area contributed by atoms with E-state index >= 15 is 0 Å². The summed E-state index contributed by atoms with van der Waals surface area (Å²) in [5.41, 5.74) is 1.81. The van der Waals surface area contributed by atoms with E-state index in [-0.39, 0.29) is 4.70 Å². The van der Waals surface area contributed by atoms with E-state index in [0.29, 0.717) is 0 Å². The highest BCUT2D eigenvalue weighted by atomic mass is 31.1. The van der Waals surface area contributed by atoms with Crippen molar-refractivity contribution in [3.8, 4) is 0 Å². The van der Waals surface area contributed by atoms with E-state index in [2.05, 4.69) is 27.7 Å². The second-order valence-corrected chi connectivity index (χ2v) is 5.12. The SMILES string of the molecule is CC(C)PC(C)C.F. The molecule has 0 bridgehead atoms. The molecule has 0 radical (unpaired) electrons. The molecule has 0 N–H and O–H groups in total. The van der Waals surface area contributed by atoms with Crippen molar-refractivity contribution in [3.63, 3.8) is 0 Å². The summed E-state index contributed by atoms with van der Waals surface area (Å²) in [6.45, 7) is 9.10. The summed E-state index contributed by atoms with van der Waals surface area (Å²) in [4.78, 5) is 0. The van der Waals surface area contributed by atoms with Gasteiger partial charge in [-0.15, -0.1) is 8.58 Å². The Bertz CT molecular complexity index is 37.8. The molecule has 0 nitrogen and oxygen atoms in total. The highest BCUT2D eigenvalue weighted by Crippen LogP contribution is 2.23. The van der Waals surface area contributed by atoms with Crippen molar-refractivity contribution in [1.82, 2.24) is 0 Å². The van der Waals surface area contributed by atoms with Crippen LogP contribution >= 0.6 is 8.58 Å². The van der Waals surface area contributed by atoms with E-state index in [4.69, 9.17) is 0 Å². The van der Waals surface area contributed by atoms with Crippen molar-refractivity contribution >= 4 is 8.58 Å². The van der Waals surface area contributed by atoms with Gasteiger partial charge in [-0.25, -0.2) is 0 Å². The van der Waals surface area contributed by atoms with Crippen molar-refractivity contribution in [2.45, 2.75) is 39.0 Å². The van der Waals surface area contributed by atoms with Crippen molar-refractivity contribution < 1.29 is 4.70 Å². The second kappa shape index (κ2) is 5.50. The maximum absolute atomic E-state index is 2.28. The van der Waals surface area contributed by atoms with E-state index in [1.807, 2.05) is 0 Å².